The molecule has 6 nitrogen and oxygen atoms in total. The van der Waals surface area contributed by atoms with Gasteiger partial charge in [-0.2, -0.15) is 4.31 Å². The first kappa shape index (κ1) is 16.4. The van der Waals surface area contributed by atoms with E-state index in [1.54, 1.807) is 13.8 Å². The molecule has 0 radical (unpaired) electrons. The Morgan fingerprint density at radius 2 is 1.95 bits per heavy atom. The second-order valence-corrected chi connectivity index (χ2v) is 6.60. The molecular formula is C12H18FN3O3S. The van der Waals surface area contributed by atoms with Crippen LogP contribution in [0.15, 0.2) is 17.0 Å². The topological polar surface area (TPSA) is 106 Å². The summed E-state index contributed by atoms with van der Waals surface area (Å²) in [7, 11) is -4.06. The van der Waals surface area contributed by atoms with E-state index in [2.05, 4.69) is 0 Å². The van der Waals surface area contributed by atoms with Gasteiger partial charge in [0, 0.05) is 17.3 Å². The van der Waals surface area contributed by atoms with Gasteiger partial charge in [-0.05, 0) is 32.9 Å². The van der Waals surface area contributed by atoms with Gasteiger partial charge in [-0.15, -0.1) is 0 Å². The van der Waals surface area contributed by atoms with E-state index in [1.807, 2.05) is 0 Å². The average Bonchev–Trinajstić information content (AvgIpc) is 2.29. The number of nitrogen functional groups attached to an aromatic ring is 1. The van der Waals surface area contributed by atoms with Crippen LogP contribution in [0.25, 0.3) is 0 Å². The number of anilines is 1. The molecule has 20 heavy (non-hydrogen) atoms. The Hall–Kier alpha value is -1.67. The Morgan fingerprint density at radius 1 is 1.40 bits per heavy atom. The molecule has 0 aliphatic carbocycles. The lowest BCUT2D eigenvalue weighted by molar-refractivity contribution is -0.118. The van der Waals surface area contributed by atoms with E-state index in [0.29, 0.717) is 0 Å². The van der Waals surface area contributed by atoms with Crippen LogP contribution in [0.2, 0.25) is 0 Å². The van der Waals surface area contributed by atoms with Crippen LogP contribution in [0.1, 0.15) is 19.4 Å². The molecule has 8 heteroatoms. The van der Waals surface area contributed by atoms with Crippen molar-refractivity contribution in [1.82, 2.24) is 4.31 Å². The smallest absolute Gasteiger partial charge is 0.244 e. The van der Waals surface area contributed by atoms with Crippen molar-refractivity contribution >= 4 is 21.6 Å². The maximum absolute atomic E-state index is 13.6. The third-order valence-electron chi connectivity index (χ3n) is 2.79. The molecule has 0 heterocycles. The first-order valence-electron chi connectivity index (χ1n) is 5.93. The van der Waals surface area contributed by atoms with Crippen molar-refractivity contribution in [3.63, 3.8) is 0 Å². The molecule has 0 aliphatic rings. The third kappa shape index (κ3) is 3.26. The van der Waals surface area contributed by atoms with Crippen LogP contribution < -0.4 is 11.5 Å². The number of nitrogens with two attached hydrogens (primary N) is 2. The lowest BCUT2D eigenvalue weighted by Crippen LogP contribution is -2.42. The summed E-state index contributed by atoms with van der Waals surface area (Å²) < 4.78 is 39.6. The number of carbonyl (C=O) groups excluding carboxylic acids is 1. The molecule has 4 N–H and O–H groups in total. The Kier molecular flexibility index (Phi) is 4.72. The van der Waals surface area contributed by atoms with Crippen molar-refractivity contribution in [2.75, 3.05) is 12.3 Å². The number of nitrogens with zero attached hydrogens (tertiary/aromatic N) is 1. The molecule has 0 unspecified atom stereocenters. The van der Waals surface area contributed by atoms with Crippen LogP contribution in [0.5, 0.6) is 0 Å². The van der Waals surface area contributed by atoms with Crippen LogP contribution in [0.3, 0.4) is 0 Å². The molecule has 0 aliphatic heterocycles. The van der Waals surface area contributed by atoms with Gasteiger partial charge >= 0.3 is 0 Å². The number of rotatable bonds is 5. The first-order valence-corrected chi connectivity index (χ1v) is 7.37. The van der Waals surface area contributed by atoms with Crippen molar-refractivity contribution < 1.29 is 17.6 Å². The molecule has 1 rings (SSSR count). The molecule has 112 valence electrons. The Labute approximate surface area is 117 Å². The predicted molar refractivity (Wildman–Crippen MR) is 73.8 cm³/mol. The fourth-order valence-electron chi connectivity index (χ4n) is 1.77. The van der Waals surface area contributed by atoms with Gasteiger partial charge in [0.1, 0.15) is 5.82 Å². The summed E-state index contributed by atoms with van der Waals surface area (Å²) in [4.78, 5) is 10.8. The summed E-state index contributed by atoms with van der Waals surface area (Å²) in [6.07, 6.45) is 0. The van der Waals surface area contributed by atoms with Gasteiger partial charge in [-0.3, -0.25) is 4.79 Å². The van der Waals surface area contributed by atoms with E-state index in [0.717, 1.165) is 10.4 Å². The highest BCUT2D eigenvalue weighted by atomic mass is 32.2. The van der Waals surface area contributed by atoms with Gasteiger partial charge in [0.25, 0.3) is 0 Å². The number of amides is 1. The lowest BCUT2D eigenvalue weighted by atomic mass is 10.2. The minimum atomic E-state index is -4.06. The van der Waals surface area contributed by atoms with Crippen molar-refractivity contribution in [2.45, 2.75) is 31.7 Å². The summed E-state index contributed by atoms with van der Waals surface area (Å²) in [6.45, 7) is 4.05. The number of hydrogen-bond donors (Lipinski definition) is 2. The van der Waals surface area contributed by atoms with Gasteiger partial charge in [-0.1, -0.05) is 0 Å². The normalized spacial score (nSPS) is 12.1. The average molecular weight is 303 g/mol. The number of hydrogen-bond acceptors (Lipinski definition) is 4. The zero-order valence-corrected chi connectivity index (χ0v) is 12.4. The van der Waals surface area contributed by atoms with E-state index in [9.17, 15) is 17.6 Å². The molecule has 0 spiro atoms. The van der Waals surface area contributed by atoms with Gasteiger partial charge in [0.05, 0.1) is 11.4 Å². The molecule has 0 aromatic heterocycles. The molecule has 0 fully saturated rings. The monoisotopic (exact) mass is 303 g/mol. The molecule has 0 atom stereocenters. The maximum Gasteiger partial charge on any atom is 0.244 e. The van der Waals surface area contributed by atoms with Gasteiger partial charge in [0.2, 0.25) is 15.9 Å². The molecule has 1 aromatic rings. The van der Waals surface area contributed by atoms with Crippen molar-refractivity contribution in [2.24, 2.45) is 5.73 Å². The summed E-state index contributed by atoms with van der Waals surface area (Å²) in [5, 5.41) is 0. The lowest BCUT2D eigenvalue weighted by Gasteiger charge is -2.25. The molecule has 0 saturated carbocycles. The van der Waals surface area contributed by atoms with E-state index < -0.39 is 34.3 Å². The third-order valence-corrected chi connectivity index (χ3v) is 4.94. The minimum absolute atomic E-state index is 0.00513. The van der Waals surface area contributed by atoms with Gasteiger partial charge < -0.3 is 11.5 Å². The summed E-state index contributed by atoms with van der Waals surface area (Å²) in [5.74, 6) is -1.50. The van der Waals surface area contributed by atoms with E-state index >= 15 is 0 Å². The number of sulfonamides is 1. The summed E-state index contributed by atoms with van der Waals surface area (Å²) >= 11 is 0. The van der Waals surface area contributed by atoms with Crippen LogP contribution in [0.4, 0.5) is 10.1 Å². The molecule has 0 saturated heterocycles. The number of carbonyl (C=O) groups is 1. The standard InChI is InChI=1S/C12H18FN3O3S/c1-7(2)16(6-12(15)17)20(18,19)11-5-9(14)4-10(13)8(11)3/h4-5,7H,6,14H2,1-3H3,(H2,15,17). The molecule has 1 amide bonds. The molecular weight excluding hydrogens is 285 g/mol. The van der Waals surface area contributed by atoms with Crippen LogP contribution >= 0.6 is 0 Å². The van der Waals surface area contributed by atoms with Crippen molar-refractivity contribution in [3.8, 4) is 0 Å². The SMILES string of the molecule is Cc1c(F)cc(N)cc1S(=O)(=O)N(CC(N)=O)C(C)C. The highest BCUT2D eigenvalue weighted by Crippen LogP contribution is 2.26. The maximum atomic E-state index is 13.6. The molecule has 0 bridgehead atoms. The summed E-state index contributed by atoms with van der Waals surface area (Å²) in [6, 6.07) is 1.71. The van der Waals surface area contributed by atoms with Crippen LogP contribution in [0, 0.1) is 12.7 Å². The second-order valence-electron chi connectivity index (χ2n) is 4.74. The zero-order chi connectivity index (χ0) is 15.7. The fraction of sp³-hybridized carbons (Fsp3) is 0.417. The number of halogens is 1. The second kappa shape index (κ2) is 5.76. The predicted octanol–water partition coefficient (Wildman–Crippen LogP) is 0.601. The summed E-state index contributed by atoms with van der Waals surface area (Å²) in [5.41, 5.74) is 10.5. The number of benzene rings is 1. The zero-order valence-electron chi connectivity index (χ0n) is 11.6. The highest BCUT2D eigenvalue weighted by molar-refractivity contribution is 7.89. The first-order chi connectivity index (χ1) is 9.07. The van der Waals surface area contributed by atoms with E-state index in [4.69, 9.17) is 11.5 Å². The Balaban J connectivity index is 3.45. The van der Waals surface area contributed by atoms with E-state index in [-0.39, 0.29) is 16.1 Å². The van der Waals surface area contributed by atoms with Crippen molar-refractivity contribution in [3.05, 3.63) is 23.5 Å². The highest BCUT2D eigenvalue weighted by Gasteiger charge is 2.30. The number of primary amides is 1. The van der Waals surface area contributed by atoms with Gasteiger partial charge in [0.15, 0.2) is 0 Å². The minimum Gasteiger partial charge on any atom is -0.399 e. The quantitative estimate of drug-likeness (QED) is 0.777. The van der Waals surface area contributed by atoms with Crippen LogP contribution in [-0.2, 0) is 14.8 Å². The van der Waals surface area contributed by atoms with Crippen molar-refractivity contribution in [1.29, 1.82) is 0 Å². The largest absolute Gasteiger partial charge is 0.399 e. The van der Waals surface area contributed by atoms with Crippen LogP contribution in [-0.4, -0.2) is 31.2 Å². The fourth-order valence-corrected chi connectivity index (χ4v) is 3.64. The Bertz CT molecular complexity index is 629. The molecule has 1 aromatic carbocycles. The Morgan fingerprint density at radius 3 is 2.40 bits per heavy atom. The van der Waals surface area contributed by atoms with E-state index in [1.165, 1.54) is 13.0 Å². The van der Waals surface area contributed by atoms with Gasteiger partial charge in [-0.25, -0.2) is 12.8 Å².